The number of carbonyl (C=O) groups is 3. The number of hydrogen-bond donors (Lipinski definition) is 1. The van der Waals surface area contributed by atoms with E-state index in [2.05, 4.69) is 5.32 Å². The third kappa shape index (κ3) is 2.81. The Morgan fingerprint density at radius 1 is 1.08 bits per heavy atom. The maximum absolute atomic E-state index is 12.2. The van der Waals surface area contributed by atoms with Crippen molar-refractivity contribution in [3.8, 4) is 0 Å². The molecule has 6 heteroatoms. The number of anilines is 1. The molecule has 0 bridgehead atoms. The Labute approximate surface area is 143 Å². The van der Waals surface area contributed by atoms with Gasteiger partial charge in [-0.1, -0.05) is 35.9 Å². The maximum atomic E-state index is 12.2. The van der Waals surface area contributed by atoms with Gasteiger partial charge in [-0.25, -0.2) is 0 Å². The average molecular weight is 341 g/mol. The Bertz CT molecular complexity index is 890. The van der Waals surface area contributed by atoms with Gasteiger partial charge in [0.1, 0.15) is 0 Å². The molecule has 1 aliphatic rings. The molecule has 2 aromatic rings. The highest BCUT2D eigenvalue weighted by atomic mass is 35.5. The van der Waals surface area contributed by atoms with Crippen LogP contribution in [-0.4, -0.2) is 29.7 Å². The summed E-state index contributed by atoms with van der Waals surface area (Å²) in [5.41, 5.74) is 1.52. The molecule has 3 rings (SSSR count). The van der Waals surface area contributed by atoms with Crippen LogP contribution in [0.3, 0.4) is 0 Å². The van der Waals surface area contributed by atoms with E-state index in [1.54, 1.807) is 42.5 Å². The number of nitrogens with one attached hydrogen (secondary N) is 1. The number of benzene rings is 2. The van der Waals surface area contributed by atoms with Crippen molar-refractivity contribution < 1.29 is 14.4 Å². The third-order valence-corrected chi connectivity index (χ3v) is 4.04. The molecule has 0 aromatic heterocycles. The first kappa shape index (κ1) is 16.0. The number of nitrogens with zero attached hydrogens (tertiary/aromatic N) is 1. The minimum absolute atomic E-state index is 0.212. The van der Waals surface area contributed by atoms with Gasteiger partial charge >= 0.3 is 0 Å². The van der Waals surface area contributed by atoms with E-state index in [4.69, 9.17) is 11.6 Å². The number of carbonyl (C=O) groups excluding carboxylic acids is 3. The van der Waals surface area contributed by atoms with Gasteiger partial charge in [-0.3, -0.25) is 19.3 Å². The van der Waals surface area contributed by atoms with Crippen molar-refractivity contribution in [2.24, 2.45) is 0 Å². The first-order valence-corrected chi connectivity index (χ1v) is 7.56. The first-order valence-electron chi connectivity index (χ1n) is 7.18. The van der Waals surface area contributed by atoms with Crippen LogP contribution in [0, 0.1) is 0 Å². The van der Waals surface area contributed by atoms with Crippen molar-refractivity contribution in [2.45, 2.75) is 0 Å². The highest BCUT2D eigenvalue weighted by molar-refractivity contribution is 6.32. The molecule has 2 aromatic carbocycles. The summed E-state index contributed by atoms with van der Waals surface area (Å²) in [6.07, 6.45) is 2.91. The zero-order valence-electron chi connectivity index (χ0n) is 12.7. The van der Waals surface area contributed by atoms with Crippen LogP contribution in [0.2, 0.25) is 5.02 Å². The van der Waals surface area contributed by atoms with Gasteiger partial charge in [0, 0.05) is 18.1 Å². The van der Waals surface area contributed by atoms with Crippen LogP contribution in [0.1, 0.15) is 26.3 Å². The minimum atomic E-state index is -0.430. The fourth-order valence-corrected chi connectivity index (χ4v) is 2.65. The Balaban J connectivity index is 1.83. The van der Waals surface area contributed by atoms with Crippen LogP contribution in [0.5, 0.6) is 0 Å². The van der Waals surface area contributed by atoms with Crippen molar-refractivity contribution in [1.29, 1.82) is 0 Å². The molecule has 0 atom stereocenters. The van der Waals surface area contributed by atoms with Crippen molar-refractivity contribution in [3.05, 3.63) is 70.3 Å². The summed E-state index contributed by atoms with van der Waals surface area (Å²) < 4.78 is 0. The van der Waals surface area contributed by atoms with Crippen molar-refractivity contribution in [3.63, 3.8) is 0 Å². The van der Waals surface area contributed by atoms with Crippen LogP contribution in [-0.2, 0) is 4.79 Å². The van der Waals surface area contributed by atoms with Crippen molar-refractivity contribution in [2.75, 3.05) is 12.4 Å². The number of hydrogen-bond acceptors (Lipinski definition) is 3. The molecule has 0 radical (unpaired) electrons. The van der Waals surface area contributed by atoms with E-state index in [-0.39, 0.29) is 17.0 Å². The Morgan fingerprint density at radius 3 is 2.58 bits per heavy atom. The van der Waals surface area contributed by atoms with Crippen molar-refractivity contribution >= 4 is 41.1 Å². The lowest BCUT2D eigenvalue weighted by Crippen LogP contribution is -2.24. The molecule has 3 amide bonds. The van der Waals surface area contributed by atoms with Crippen LogP contribution in [0.25, 0.3) is 6.08 Å². The average Bonchev–Trinajstić information content (AvgIpc) is 2.80. The molecule has 1 aliphatic heterocycles. The second-order valence-electron chi connectivity index (χ2n) is 5.24. The Morgan fingerprint density at radius 2 is 1.83 bits per heavy atom. The van der Waals surface area contributed by atoms with Crippen LogP contribution in [0.4, 0.5) is 5.69 Å². The van der Waals surface area contributed by atoms with Gasteiger partial charge < -0.3 is 5.32 Å². The highest BCUT2D eigenvalue weighted by Gasteiger charge is 2.34. The topological polar surface area (TPSA) is 66.5 Å². The van der Waals surface area contributed by atoms with E-state index < -0.39 is 11.8 Å². The molecule has 0 saturated heterocycles. The molecule has 0 spiro atoms. The lowest BCUT2D eigenvalue weighted by molar-refractivity contribution is -0.111. The van der Waals surface area contributed by atoms with Gasteiger partial charge in [0.2, 0.25) is 5.91 Å². The molecular formula is C18H13ClN2O3. The molecule has 0 saturated carbocycles. The lowest BCUT2D eigenvalue weighted by Gasteiger charge is -2.07. The number of amides is 3. The van der Waals surface area contributed by atoms with E-state index >= 15 is 0 Å². The Hall–Kier alpha value is -2.92. The molecule has 1 N–H and O–H groups in total. The fraction of sp³-hybridized carbons (Fsp3) is 0.0556. The molecule has 5 nitrogen and oxygen atoms in total. The van der Waals surface area contributed by atoms with Gasteiger partial charge in [0.05, 0.1) is 16.8 Å². The number of halogens is 1. The molecular weight excluding hydrogens is 328 g/mol. The normalized spacial score (nSPS) is 13.5. The van der Waals surface area contributed by atoms with Crippen molar-refractivity contribution in [1.82, 2.24) is 4.90 Å². The monoisotopic (exact) mass is 340 g/mol. The quantitative estimate of drug-likeness (QED) is 0.689. The van der Waals surface area contributed by atoms with Gasteiger partial charge in [0.25, 0.3) is 11.8 Å². The molecule has 0 unspecified atom stereocenters. The van der Waals surface area contributed by atoms with Crippen LogP contribution >= 0.6 is 11.6 Å². The van der Waals surface area contributed by atoms with E-state index in [9.17, 15) is 14.4 Å². The van der Waals surface area contributed by atoms with E-state index in [0.29, 0.717) is 16.3 Å². The molecule has 1 heterocycles. The predicted molar refractivity (Wildman–Crippen MR) is 92.0 cm³/mol. The SMILES string of the molecule is CN1C(=O)c2cccc(NC(=O)/C=C/c3ccccc3Cl)c2C1=O. The van der Waals surface area contributed by atoms with E-state index in [0.717, 1.165) is 4.90 Å². The first-order chi connectivity index (χ1) is 11.5. The standard InChI is InChI=1S/C18H13ClN2O3/c1-21-17(23)12-6-4-8-14(16(12)18(21)24)20-15(22)10-9-11-5-2-3-7-13(11)19/h2-10H,1H3,(H,20,22)/b10-9+. The summed E-state index contributed by atoms with van der Waals surface area (Å²) in [6.45, 7) is 0. The summed E-state index contributed by atoms with van der Waals surface area (Å²) in [7, 11) is 1.41. The fourth-order valence-electron chi connectivity index (χ4n) is 2.46. The summed E-state index contributed by atoms with van der Waals surface area (Å²) in [4.78, 5) is 37.3. The number of fused-ring (bicyclic) bond motifs is 1. The molecule has 24 heavy (non-hydrogen) atoms. The molecule has 120 valence electrons. The Kier molecular flexibility index (Phi) is 4.18. The summed E-state index contributed by atoms with van der Waals surface area (Å²) in [6, 6.07) is 11.9. The van der Waals surface area contributed by atoms with Crippen LogP contribution < -0.4 is 5.32 Å². The summed E-state index contributed by atoms with van der Waals surface area (Å²) in [5, 5.41) is 3.17. The highest BCUT2D eigenvalue weighted by Crippen LogP contribution is 2.28. The van der Waals surface area contributed by atoms with E-state index in [1.165, 1.54) is 13.1 Å². The number of rotatable bonds is 3. The number of imide groups is 1. The minimum Gasteiger partial charge on any atom is -0.322 e. The van der Waals surface area contributed by atoms with E-state index in [1.807, 2.05) is 6.07 Å². The second kappa shape index (κ2) is 6.29. The predicted octanol–water partition coefficient (Wildman–Crippen LogP) is 3.22. The summed E-state index contributed by atoms with van der Waals surface area (Å²) >= 11 is 6.03. The maximum Gasteiger partial charge on any atom is 0.263 e. The molecule has 0 aliphatic carbocycles. The van der Waals surface area contributed by atoms with Crippen LogP contribution in [0.15, 0.2) is 48.5 Å². The molecule has 0 fully saturated rings. The third-order valence-electron chi connectivity index (χ3n) is 3.70. The van der Waals surface area contributed by atoms with Gasteiger partial charge in [-0.2, -0.15) is 0 Å². The van der Waals surface area contributed by atoms with Gasteiger partial charge in [0.15, 0.2) is 0 Å². The van der Waals surface area contributed by atoms with Gasteiger partial charge in [-0.05, 0) is 29.8 Å². The van der Waals surface area contributed by atoms with Gasteiger partial charge in [-0.15, -0.1) is 0 Å². The smallest absolute Gasteiger partial charge is 0.263 e. The lowest BCUT2D eigenvalue weighted by atomic mass is 10.1. The largest absolute Gasteiger partial charge is 0.322 e. The zero-order chi connectivity index (χ0) is 17.3. The second-order valence-corrected chi connectivity index (χ2v) is 5.65. The summed E-state index contributed by atoms with van der Waals surface area (Å²) in [5.74, 6) is -1.23. The zero-order valence-corrected chi connectivity index (χ0v) is 13.5.